The molecule has 0 radical (unpaired) electrons. The van der Waals surface area contributed by atoms with Gasteiger partial charge in [0.05, 0.1) is 6.61 Å². The topological polar surface area (TPSA) is 88.4 Å². The standard InChI is InChI=1S/C8H11Cl3O6/c9-8(10,11)7-16-5-3(14)4(2(13)1-12)15-6(5)17-7/h2-7,12-14H,1H2/t2-,3-,4-,5+,6-,7-/m1/s1. The molecule has 3 N–H and O–H groups in total. The van der Waals surface area contributed by atoms with Gasteiger partial charge in [-0.05, 0) is 0 Å². The summed E-state index contributed by atoms with van der Waals surface area (Å²) in [6.07, 6.45) is -6.33. The van der Waals surface area contributed by atoms with Crippen LogP contribution in [0.4, 0.5) is 0 Å². The second-order valence-corrected chi connectivity index (χ2v) is 6.19. The van der Waals surface area contributed by atoms with Gasteiger partial charge in [-0.2, -0.15) is 0 Å². The highest BCUT2D eigenvalue weighted by Crippen LogP contribution is 2.42. The van der Waals surface area contributed by atoms with Gasteiger partial charge >= 0.3 is 0 Å². The highest BCUT2D eigenvalue weighted by Gasteiger charge is 2.57. The Bertz CT molecular complexity index is 285. The minimum absolute atomic E-state index is 0.547. The Labute approximate surface area is 112 Å². The number of alkyl halides is 3. The van der Waals surface area contributed by atoms with Crippen molar-refractivity contribution < 1.29 is 29.5 Å². The molecule has 17 heavy (non-hydrogen) atoms. The van der Waals surface area contributed by atoms with Crippen molar-refractivity contribution in [3.8, 4) is 0 Å². The molecular weight excluding hydrogens is 298 g/mol. The van der Waals surface area contributed by atoms with Crippen LogP contribution in [0, 0.1) is 0 Å². The second kappa shape index (κ2) is 4.96. The fourth-order valence-electron chi connectivity index (χ4n) is 1.79. The van der Waals surface area contributed by atoms with Gasteiger partial charge in [-0.3, -0.25) is 0 Å². The molecule has 0 bridgehead atoms. The molecule has 2 rings (SSSR count). The molecule has 6 atom stereocenters. The Morgan fingerprint density at radius 2 is 1.82 bits per heavy atom. The zero-order chi connectivity index (χ0) is 12.8. The lowest BCUT2D eigenvalue weighted by atomic mass is 10.1. The molecule has 0 aromatic carbocycles. The molecular formula is C8H11Cl3O6. The van der Waals surface area contributed by atoms with Crippen molar-refractivity contribution in [3.05, 3.63) is 0 Å². The van der Waals surface area contributed by atoms with E-state index in [4.69, 9.17) is 54.1 Å². The van der Waals surface area contributed by atoms with Crippen LogP contribution in [0.3, 0.4) is 0 Å². The quantitative estimate of drug-likeness (QED) is 0.598. The molecule has 6 nitrogen and oxygen atoms in total. The fourth-order valence-corrected chi connectivity index (χ4v) is 2.10. The number of aliphatic hydroxyl groups is 3. The first-order chi connectivity index (χ1) is 7.84. The van der Waals surface area contributed by atoms with Crippen molar-refractivity contribution in [1.29, 1.82) is 0 Å². The monoisotopic (exact) mass is 308 g/mol. The van der Waals surface area contributed by atoms with Crippen LogP contribution in [0.25, 0.3) is 0 Å². The summed E-state index contributed by atoms with van der Waals surface area (Å²) in [6, 6.07) is 0. The third-order valence-electron chi connectivity index (χ3n) is 2.60. The lowest BCUT2D eigenvalue weighted by Crippen LogP contribution is -2.42. The van der Waals surface area contributed by atoms with E-state index < -0.39 is 47.4 Å². The first-order valence-electron chi connectivity index (χ1n) is 4.84. The lowest BCUT2D eigenvalue weighted by Gasteiger charge is -2.24. The van der Waals surface area contributed by atoms with Crippen molar-refractivity contribution in [2.45, 2.75) is 40.8 Å². The van der Waals surface area contributed by atoms with Gasteiger partial charge in [-0.25, -0.2) is 0 Å². The molecule has 9 heteroatoms. The average Bonchev–Trinajstić information content (AvgIpc) is 2.77. The van der Waals surface area contributed by atoms with Gasteiger partial charge in [0, 0.05) is 0 Å². The smallest absolute Gasteiger partial charge is 0.241 e. The van der Waals surface area contributed by atoms with E-state index in [-0.39, 0.29) is 0 Å². The Balaban J connectivity index is 2.01. The van der Waals surface area contributed by atoms with Gasteiger partial charge in [0.15, 0.2) is 6.29 Å². The minimum atomic E-state index is -1.79. The summed E-state index contributed by atoms with van der Waals surface area (Å²) >= 11 is 16.7. The van der Waals surface area contributed by atoms with E-state index in [9.17, 15) is 10.2 Å². The van der Waals surface area contributed by atoms with Crippen molar-refractivity contribution in [2.75, 3.05) is 6.61 Å². The molecule has 2 aliphatic rings. The number of hydrogen-bond acceptors (Lipinski definition) is 6. The van der Waals surface area contributed by atoms with E-state index in [0.29, 0.717) is 0 Å². The second-order valence-electron chi connectivity index (χ2n) is 3.82. The van der Waals surface area contributed by atoms with Crippen LogP contribution < -0.4 is 0 Å². The van der Waals surface area contributed by atoms with Crippen LogP contribution in [0.5, 0.6) is 0 Å². The van der Waals surface area contributed by atoms with Crippen molar-refractivity contribution in [1.82, 2.24) is 0 Å². The van der Waals surface area contributed by atoms with Crippen LogP contribution in [0.15, 0.2) is 0 Å². The Hall–Kier alpha value is 0.630. The third kappa shape index (κ3) is 2.65. The predicted octanol–water partition coefficient (Wildman–Crippen LogP) is -0.463. The molecule has 0 unspecified atom stereocenters. The molecule has 0 aliphatic carbocycles. The Kier molecular flexibility index (Phi) is 4.10. The highest BCUT2D eigenvalue weighted by atomic mass is 35.6. The maximum absolute atomic E-state index is 9.81. The Morgan fingerprint density at radius 3 is 2.29 bits per heavy atom. The lowest BCUT2D eigenvalue weighted by molar-refractivity contribution is -0.188. The fraction of sp³-hybridized carbons (Fsp3) is 1.00. The highest BCUT2D eigenvalue weighted by molar-refractivity contribution is 6.67. The largest absolute Gasteiger partial charge is 0.394 e. The molecule has 2 saturated heterocycles. The van der Waals surface area contributed by atoms with Crippen LogP contribution in [-0.4, -0.2) is 62.7 Å². The van der Waals surface area contributed by atoms with Gasteiger partial charge < -0.3 is 29.5 Å². The number of fused-ring (bicyclic) bond motifs is 1. The number of ether oxygens (including phenoxy) is 3. The molecule has 0 amide bonds. The van der Waals surface area contributed by atoms with Crippen molar-refractivity contribution in [3.63, 3.8) is 0 Å². The molecule has 2 aliphatic heterocycles. The summed E-state index contributed by atoms with van der Waals surface area (Å²) in [5.41, 5.74) is 0. The minimum Gasteiger partial charge on any atom is -0.394 e. The summed E-state index contributed by atoms with van der Waals surface area (Å²) < 4.78 is 13.8. The summed E-state index contributed by atoms with van der Waals surface area (Å²) in [7, 11) is 0. The van der Waals surface area contributed by atoms with E-state index in [2.05, 4.69) is 0 Å². The Morgan fingerprint density at radius 1 is 1.18 bits per heavy atom. The summed E-state index contributed by atoms with van der Waals surface area (Å²) in [5.74, 6) is 0. The zero-order valence-corrected chi connectivity index (χ0v) is 10.6. The number of rotatable bonds is 2. The van der Waals surface area contributed by atoms with Gasteiger partial charge in [0.25, 0.3) is 0 Å². The van der Waals surface area contributed by atoms with E-state index in [1.165, 1.54) is 0 Å². The first kappa shape index (κ1) is 14.0. The molecule has 0 saturated carbocycles. The molecule has 0 aromatic rings. The van der Waals surface area contributed by atoms with E-state index in [1.54, 1.807) is 0 Å². The van der Waals surface area contributed by atoms with Gasteiger partial charge in [0.2, 0.25) is 10.1 Å². The molecule has 100 valence electrons. The zero-order valence-electron chi connectivity index (χ0n) is 8.37. The van der Waals surface area contributed by atoms with E-state index in [1.807, 2.05) is 0 Å². The number of hydrogen-bond donors (Lipinski definition) is 3. The van der Waals surface area contributed by atoms with Crippen molar-refractivity contribution in [2.24, 2.45) is 0 Å². The SMILES string of the molecule is OC[C@@H](O)[C@H]1O[C@@H]2O[C@H](C(Cl)(Cl)Cl)O[C@H]2[C@@H]1O. The molecule has 0 aromatic heterocycles. The summed E-state index contributed by atoms with van der Waals surface area (Å²) in [4.78, 5) is 0. The number of halogens is 3. The summed E-state index contributed by atoms with van der Waals surface area (Å²) in [5, 5.41) is 28.0. The van der Waals surface area contributed by atoms with Gasteiger partial charge in [-0.1, -0.05) is 34.8 Å². The summed E-state index contributed by atoms with van der Waals surface area (Å²) in [6.45, 7) is -0.547. The van der Waals surface area contributed by atoms with Crippen LogP contribution in [0.2, 0.25) is 0 Å². The molecule has 0 spiro atoms. The van der Waals surface area contributed by atoms with E-state index in [0.717, 1.165) is 0 Å². The van der Waals surface area contributed by atoms with Crippen LogP contribution in [-0.2, 0) is 14.2 Å². The van der Waals surface area contributed by atoms with Crippen LogP contribution in [0.1, 0.15) is 0 Å². The normalized spacial score (nSPS) is 43.8. The van der Waals surface area contributed by atoms with Gasteiger partial charge in [-0.15, -0.1) is 0 Å². The molecule has 2 heterocycles. The van der Waals surface area contributed by atoms with Crippen LogP contribution >= 0.6 is 34.8 Å². The molecule has 2 fully saturated rings. The van der Waals surface area contributed by atoms with Crippen molar-refractivity contribution >= 4 is 34.8 Å². The average molecular weight is 310 g/mol. The first-order valence-corrected chi connectivity index (χ1v) is 5.98. The van der Waals surface area contributed by atoms with Gasteiger partial charge in [0.1, 0.15) is 24.4 Å². The number of aliphatic hydroxyl groups excluding tert-OH is 3. The van der Waals surface area contributed by atoms with E-state index >= 15 is 0 Å². The maximum atomic E-state index is 9.81. The maximum Gasteiger partial charge on any atom is 0.241 e. The predicted molar refractivity (Wildman–Crippen MR) is 57.8 cm³/mol. The third-order valence-corrected chi connectivity index (χ3v) is 3.14.